The molecular weight excluding hydrogens is 484 g/mol. The number of amides is 1. The molecule has 0 radical (unpaired) electrons. The molecule has 2 heterocycles. The van der Waals surface area contributed by atoms with Crippen molar-refractivity contribution in [3.63, 3.8) is 0 Å². The van der Waals surface area contributed by atoms with Gasteiger partial charge < -0.3 is 24.3 Å². The second-order valence-corrected chi connectivity index (χ2v) is 9.96. The van der Waals surface area contributed by atoms with E-state index < -0.39 is 66.0 Å². The van der Waals surface area contributed by atoms with Crippen LogP contribution in [-0.4, -0.2) is 59.6 Å². The first-order chi connectivity index (χ1) is 17.3. The van der Waals surface area contributed by atoms with Crippen molar-refractivity contribution in [1.82, 2.24) is 10.3 Å². The number of esters is 4. The molecule has 37 heavy (non-hydrogen) atoms. The van der Waals surface area contributed by atoms with Gasteiger partial charge in [-0.05, 0) is 59.1 Å². The van der Waals surface area contributed by atoms with Gasteiger partial charge in [0.25, 0.3) is 5.91 Å². The Morgan fingerprint density at radius 2 is 1.84 bits per heavy atom. The summed E-state index contributed by atoms with van der Waals surface area (Å²) >= 11 is 0. The van der Waals surface area contributed by atoms with Gasteiger partial charge in [0.05, 0.1) is 11.3 Å². The van der Waals surface area contributed by atoms with Crippen LogP contribution in [0.15, 0.2) is 12.3 Å². The summed E-state index contributed by atoms with van der Waals surface area (Å²) in [7, 11) is 0. The van der Waals surface area contributed by atoms with E-state index in [2.05, 4.69) is 10.3 Å². The quantitative estimate of drug-likeness (QED) is 0.420. The van der Waals surface area contributed by atoms with E-state index in [0.717, 1.165) is 0 Å². The molecule has 0 spiro atoms. The van der Waals surface area contributed by atoms with Crippen LogP contribution in [0.5, 0.6) is 5.75 Å². The highest BCUT2D eigenvalue weighted by Gasteiger charge is 2.42. The fraction of sp³-hybridized carbons (Fsp3) is 0.615. The van der Waals surface area contributed by atoms with E-state index in [1.54, 1.807) is 40.7 Å². The highest BCUT2D eigenvalue weighted by atomic mass is 16.6. The van der Waals surface area contributed by atoms with Gasteiger partial charge in [0.1, 0.15) is 12.7 Å². The highest BCUT2D eigenvalue weighted by molar-refractivity contribution is 5.98. The van der Waals surface area contributed by atoms with E-state index in [4.69, 9.17) is 18.9 Å². The molecule has 1 aromatic heterocycles. The topological polar surface area (TPSA) is 147 Å². The number of carbonyl (C=O) groups excluding carboxylic acids is 5. The van der Waals surface area contributed by atoms with Crippen LogP contribution < -0.4 is 10.1 Å². The summed E-state index contributed by atoms with van der Waals surface area (Å²) in [4.78, 5) is 67.5. The minimum atomic E-state index is -1.38. The van der Waals surface area contributed by atoms with E-state index in [0.29, 0.717) is 12.0 Å². The molecule has 0 bridgehead atoms. The van der Waals surface area contributed by atoms with E-state index in [1.165, 1.54) is 13.1 Å². The maximum atomic E-state index is 13.1. The number of carbonyl (C=O) groups is 5. The zero-order valence-electron chi connectivity index (χ0n) is 22.4. The lowest BCUT2D eigenvalue weighted by Gasteiger charge is -2.30. The largest absolute Gasteiger partial charge is 0.463 e. The predicted octanol–water partition coefficient (Wildman–Crippen LogP) is 2.67. The van der Waals surface area contributed by atoms with Crippen molar-refractivity contribution in [3.8, 4) is 5.75 Å². The number of hydrogen-bond donors (Lipinski definition) is 1. The molecule has 0 aliphatic carbocycles. The molecule has 11 nitrogen and oxygen atoms in total. The lowest BCUT2D eigenvalue weighted by Crippen LogP contribution is -2.47. The molecular formula is C26H36N2O9. The Morgan fingerprint density at radius 1 is 1.16 bits per heavy atom. The van der Waals surface area contributed by atoms with E-state index >= 15 is 0 Å². The smallest absolute Gasteiger partial charge is 0.332 e. The Kier molecular flexibility index (Phi) is 10.2. The van der Waals surface area contributed by atoms with Gasteiger partial charge in [0.15, 0.2) is 23.6 Å². The van der Waals surface area contributed by atoms with Crippen LogP contribution in [0.3, 0.4) is 0 Å². The van der Waals surface area contributed by atoms with Crippen LogP contribution in [0.25, 0.3) is 0 Å². The van der Waals surface area contributed by atoms with Gasteiger partial charge in [-0.25, -0.2) is 9.78 Å². The zero-order chi connectivity index (χ0) is 27.9. The SMILES string of the molecule is CCCC(=O)Oc1c(C)ccnc1C(=O)N[C@H]1COC(=O)[C@H](CC)[C@@H](OC(=O)C(C)(C)C)[C@H](C)OC1=O. The maximum Gasteiger partial charge on any atom is 0.332 e. The second kappa shape index (κ2) is 12.6. The molecule has 1 aliphatic rings. The van der Waals surface area contributed by atoms with Crippen LogP contribution in [0.4, 0.5) is 0 Å². The van der Waals surface area contributed by atoms with Crippen LogP contribution in [0.2, 0.25) is 0 Å². The fourth-order valence-corrected chi connectivity index (χ4v) is 3.54. The number of nitrogens with one attached hydrogen (secondary N) is 1. The van der Waals surface area contributed by atoms with E-state index in [1.807, 2.05) is 6.92 Å². The van der Waals surface area contributed by atoms with Crippen LogP contribution in [0.1, 0.15) is 76.9 Å². The summed E-state index contributed by atoms with van der Waals surface area (Å²) < 4.78 is 21.8. The third-order valence-electron chi connectivity index (χ3n) is 5.73. The second-order valence-electron chi connectivity index (χ2n) is 9.96. The first-order valence-corrected chi connectivity index (χ1v) is 12.3. The first-order valence-electron chi connectivity index (χ1n) is 12.3. The standard InChI is InChI=1S/C26H36N2O9/c1-8-10-18(29)36-20-14(3)11-12-27-19(20)22(30)28-17-13-34-23(31)16(9-2)21(15(4)35-24(17)32)37-25(33)26(5,6)7/h11-12,15-17,21H,8-10,13H2,1-7H3,(H,28,30)/t15-,16+,17-,21-/m0/s1. The predicted molar refractivity (Wildman–Crippen MR) is 130 cm³/mol. The summed E-state index contributed by atoms with van der Waals surface area (Å²) in [6, 6.07) is 0.197. The molecule has 2 rings (SSSR count). The van der Waals surface area contributed by atoms with Gasteiger partial charge in [-0.15, -0.1) is 0 Å². The Hall–Kier alpha value is -3.50. The van der Waals surface area contributed by atoms with Crippen LogP contribution in [-0.2, 0) is 33.4 Å². The molecule has 1 amide bonds. The molecule has 11 heteroatoms. The van der Waals surface area contributed by atoms with Crippen molar-refractivity contribution in [3.05, 3.63) is 23.5 Å². The molecule has 1 saturated heterocycles. The summed E-state index contributed by atoms with van der Waals surface area (Å²) in [5, 5.41) is 2.45. The molecule has 1 fully saturated rings. The lowest BCUT2D eigenvalue weighted by molar-refractivity contribution is -0.180. The van der Waals surface area contributed by atoms with Crippen molar-refractivity contribution >= 4 is 29.8 Å². The molecule has 204 valence electrons. The summed E-state index contributed by atoms with van der Waals surface area (Å²) in [5.74, 6) is -4.41. The van der Waals surface area contributed by atoms with Crippen molar-refractivity contribution in [2.45, 2.75) is 86.0 Å². The molecule has 1 N–H and O–H groups in total. The number of aromatic nitrogens is 1. The molecule has 1 aromatic rings. The average Bonchev–Trinajstić information content (AvgIpc) is 2.84. The number of pyridine rings is 1. The normalized spacial score (nSPS) is 22.5. The molecule has 0 aromatic carbocycles. The van der Waals surface area contributed by atoms with Crippen molar-refractivity contribution in [1.29, 1.82) is 0 Å². The lowest BCUT2D eigenvalue weighted by atomic mass is 9.93. The zero-order valence-corrected chi connectivity index (χ0v) is 22.4. The number of rotatable bonds is 7. The fourth-order valence-electron chi connectivity index (χ4n) is 3.54. The van der Waals surface area contributed by atoms with Gasteiger partial charge in [0.2, 0.25) is 0 Å². The third-order valence-corrected chi connectivity index (χ3v) is 5.73. The Morgan fingerprint density at radius 3 is 2.43 bits per heavy atom. The van der Waals surface area contributed by atoms with Gasteiger partial charge >= 0.3 is 23.9 Å². The summed E-state index contributed by atoms with van der Waals surface area (Å²) in [5.41, 5.74) is -0.559. The maximum absolute atomic E-state index is 13.1. The average molecular weight is 521 g/mol. The number of hydrogen-bond acceptors (Lipinski definition) is 10. The molecule has 0 saturated carbocycles. The number of ether oxygens (including phenoxy) is 4. The molecule has 1 aliphatic heterocycles. The van der Waals surface area contributed by atoms with Crippen LogP contribution >= 0.6 is 0 Å². The number of cyclic esters (lactones) is 2. The highest BCUT2D eigenvalue weighted by Crippen LogP contribution is 2.26. The number of nitrogens with zero attached hydrogens (tertiary/aromatic N) is 1. The van der Waals surface area contributed by atoms with Crippen molar-refractivity contribution in [2.24, 2.45) is 11.3 Å². The first kappa shape index (κ1) is 29.7. The van der Waals surface area contributed by atoms with Crippen LogP contribution in [0, 0.1) is 18.3 Å². The minimum Gasteiger partial charge on any atom is -0.463 e. The summed E-state index contributed by atoms with van der Waals surface area (Å²) in [6.45, 7) is 11.2. The monoisotopic (exact) mass is 520 g/mol. The van der Waals surface area contributed by atoms with Crippen molar-refractivity contribution < 1.29 is 42.9 Å². The van der Waals surface area contributed by atoms with E-state index in [9.17, 15) is 24.0 Å². The Labute approximate surface area is 216 Å². The van der Waals surface area contributed by atoms with Gasteiger partial charge in [-0.1, -0.05) is 13.8 Å². The van der Waals surface area contributed by atoms with Gasteiger partial charge in [-0.3, -0.25) is 19.2 Å². The van der Waals surface area contributed by atoms with E-state index in [-0.39, 0.29) is 24.3 Å². The van der Waals surface area contributed by atoms with Gasteiger partial charge in [0, 0.05) is 12.6 Å². The molecule has 4 atom stereocenters. The Bertz CT molecular complexity index is 1030. The Balaban J connectivity index is 2.29. The minimum absolute atomic E-state index is 0.0274. The van der Waals surface area contributed by atoms with Gasteiger partial charge in [-0.2, -0.15) is 0 Å². The number of aryl methyl sites for hydroxylation is 1. The third kappa shape index (κ3) is 7.74. The summed E-state index contributed by atoms with van der Waals surface area (Å²) in [6.07, 6.45) is 0.256. The van der Waals surface area contributed by atoms with Crippen molar-refractivity contribution in [2.75, 3.05) is 6.61 Å². The molecule has 0 unspecified atom stereocenters.